The smallest absolute Gasteiger partial charge is 0.323 e. The lowest BCUT2D eigenvalue weighted by Gasteiger charge is -2.21. The fraction of sp³-hybridized carbons (Fsp3) is 0.800. The first kappa shape index (κ1) is 13.9. The summed E-state index contributed by atoms with van der Waals surface area (Å²) in [7, 11) is 2.64. The topological polar surface area (TPSA) is 64.6 Å². The molecule has 0 aliphatic rings. The van der Waals surface area contributed by atoms with E-state index >= 15 is 0 Å². The van der Waals surface area contributed by atoms with Crippen molar-refractivity contribution in [2.45, 2.75) is 26.3 Å². The van der Waals surface area contributed by atoms with E-state index in [-0.39, 0.29) is 18.4 Å². The molecule has 5 heteroatoms. The molecule has 0 heterocycles. The van der Waals surface area contributed by atoms with Crippen molar-refractivity contribution in [1.82, 2.24) is 5.32 Å². The van der Waals surface area contributed by atoms with Crippen LogP contribution in [0.1, 0.15) is 20.3 Å². The Morgan fingerprint density at radius 2 is 1.87 bits per heavy atom. The molecule has 0 spiro atoms. The molecule has 0 rings (SSSR count). The zero-order chi connectivity index (χ0) is 11.8. The predicted molar refractivity (Wildman–Crippen MR) is 55.3 cm³/mol. The van der Waals surface area contributed by atoms with E-state index in [1.165, 1.54) is 14.2 Å². The molecule has 2 atom stereocenters. The minimum Gasteiger partial charge on any atom is -0.468 e. The molecule has 15 heavy (non-hydrogen) atoms. The predicted octanol–water partition coefficient (Wildman–Crippen LogP) is 0.337. The van der Waals surface area contributed by atoms with Gasteiger partial charge in [0.05, 0.1) is 20.8 Å². The number of methoxy groups -OCH3 is 2. The minimum absolute atomic E-state index is 0.0145. The van der Waals surface area contributed by atoms with E-state index in [4.69, 9.17) is 0 Å². The summed E-state index contributed by atoms with van der Waals surface area (Å²) >= 11 is 0. The quantitative estimate of drug-likeness (QED) is 0.650. The summed E-state index contributed by atoms with van der Waals surface area (Å²) < 4.78 is 9.12. The second-order valence-corrected chi connectivity index (χ2v) is 3.34. The van der Waals surface area contributed by atoms with Crippen LogP contribution >= 0.6 is 0 Å². The fourth-order valence-corrected chi connectivity index (χ4v) is 1.14. The Morgan fingerprint density at radius 1 is 1.27 bits per heavy atom. The van der Waals surface area contributed by atoms with E-state index in [0.717, 1.165) is 6.42 Å². The molecule has 0 aromatic heterocycles. The Bertz CT molecular complexity index is 217. The Labute approximate surface area is 90.1 Å². The van der Waals surface area contributed by atoms with Crippen molar-refractivity contribution in [2.75, 3.05) is 20.8 Å². The minimum atomic E-state index is -0.459. The van der Waals surface area contributed by atoms with Crippen molar-refractivity contribution in [3.8, 4) is 0 Å². The maximum Gasteiger partial charge on any atom is 0.323 e. The molecule has 0 aromatic carbocycles. The molecule has 0 aromatic rings. The van der Waals surface area contributed by atoms with Crippen molar-refractivity contribution in [1.29, 1.82) is 0 Å². The van der Waals surface area contributed by atoms with Crippen LogP contribution in [-0.4, -0.2) is 38.7 Å². The van der Waals surface area contributed by atoms with E-state index in [9.17, 15) is 9.59 Å². The normalized spacial score (nSPS) is 14.1. The van der Waals surface area contributed by atoms with E-state index in [1.807, 2.05) is 13.8 Å². The summed E-state index contributed by atoms with van der Waals surface area (Å²) in [6.45, 7) is 3.91. The van der Waals surface area contributed by atoms with Gasteiger partial charge in [0.2, 0.25) is 0 Å². The first-order valence-corrected chi connectivity index (χ1v) is 4.94. The maximum atomic E-state index is 11.4. The second-order valence-electron chi connectivity index (χ2n) is 3.34. The number of esters is 2. The summed E-state index contributed by atoms with van der Waals surface area (Å²) in [5, 5.41) is 2.82. The summed E-state index contributed by atoms with van der Waals surface area (Å²) in [4.78, 5) is 22.3. The third-order valence-electron chi connectivity index (χ3n) is 2.36. The Morgan fingerprint density at radius 3 is 2.27 bits per heavy atom. The van der Waals surface area contributed by atoms with Crippen LogP contribution in [0.25, 0.3) is 0 Å². The van der Waals surface area contributed by atoms with E-state index < -0.39 is 12.0 Å². The van der Waals surface area contributed by atoms with Crippen molar-refractivity contribution in [3.63, 3.8) is 0 Å². The van der Waals surface area contributed by atoms with Gasteiger partial charge in [0.25, 0.3) is 0 Å². The van der Waals surface area contributed by atoms with Crippen LogP contribution in [0.3, 0.4) is 0 Å². The first-order chi connectivity index (χ1) is 7.06. The highest BCUT2D eigenvalue weighted by Crippen LogP contribution is 2.08. The van der Waals surface area contributed by atoms with Gasteiger partial charge in [-0.2, -0.15) is 0 Å². The fourth-order valence-electron chi connectivity index (χ4n) is 1.14. The Balaban J connectivity index is 4.25. The van der Waals surface area contributed by atoms with Crippen LogP contribution in [0.5, 0.6) is 0 Å². The molecule has 0 bridgehead atoms. The van der Waals surface area contributed by atoms with Crippen LogP contribution in [0.4, 0.5) is 0 Å². The molecule has 2 unspecified atom stereocenters. The van der Waals surface area contributed by atoms with Gasteiger partial charge in [0, 0.05) is 0 Å². The summed E-state index contributed by atoms with van der Waals surface area (Å²) in [6.07, 6.45) is 0.827. The van der Waals surface area contributed by atoms with Crippen LogP contribution < -0.4 is 5.32 Å². The average molecular weight is 217 g/mol. The zero-order valence-corrected chi connectivity index (χ0v) is 9.70. The number of carbonyl (C=O) groups is 2. The van der Waals surface area contributed by atoms with Gasteiger partial charge in [-0.15, -0.1) is 0 Å². The molecule has 5 nitrogen and oxygen atoms in total. The first-order valence-electron chi connectivity index (χ1n) is 4.94. The standard InChI is InChI=1S/C10H19NO4/c1-5-7(2)9(10(13)15-4)11-6-8(12)14-3/h7,9,11H,5-6H2,1-4H3. The van der Waals surface area contributed by atoms with Crippen molar-refractivity contribution >= 4 is 11.9 Å². The molecule has 1 N–H and O–H groups in total. The van der Waals surface area contributed by atoms with Crippen LogP contribution in [0.15, 0.2) is 0 Å². The van der Waals surface area contributed by atoms with Crippen LogP contribution in [-0.2, 0) is 19.1 Å². The molecule has 0 saturated carbocycles. The van der Waals surface area contributed by atoms with Gasteiger partial charge in [0.1, 0.15) is 6.04 Å². The third-order valence-corrected chi connectivity index (χ3v) is 2.36. The third kappa shape index (κ3) is 4.78. The Kier molecular flexibility index (Phi) is 6.70. The number of nitrogens with one attached hydrogen (secondary N) is 1. The SMILES string of the molecule is CCC(C)C(NCC(=O)OC)C(=O)OC. The highest BCUT2D eigenvalue weighted by molar-refractivity contribution is 5.77. The molecule has 0 amide bonds. The van der Waals surface area contributed by atoms with Gasteiger partial charge >= 0.3 is 11.9 Å². The maximum absolute atomic E-state index is 11.4. The van der Waals surface area contributed by atoms with Gasteiger partial charge in [0.15, 0.2) is 0 Å². The Hall–Kier alpha value is -1.10. The summed E-state index contributed by atoms with van der Waals surface area (Å²) in [6, 6.07) is -0.459. The summed E-state index contributed by atoms with van der Waals surface area (Å²) in [5.74, 6) is -0.637. The van der Waals surface area contributed by atoms with Crippen molar-refractivity contribution in [3.05, 3.63) is 0 Å². The number of ether oxygens (including phenoxy) is 2. The van der Waals surface area contributed by atoms with Gasteiger partial charge < -0.3 is 9.47 Å². The second kappa shape index (κ2) is 7.23. The molecular weight excluding hydrogens is 198 g/mol. The molecular formula is C10H19NO4. The van der Waals surface area contributed by atoms with Crippen molar-refractivity contribution < 1.29 is 19.1 Å². The van der Waals surface area contributed by atoms with E-state index in [2.05, 4.69) is 14.8 Å². The highest BCUT2D eigenvalue weighted by atomic mass is 16.5. The van der Waals surface area contributed by atoms with Crippen LogP contribution in [0.2, 0.25) is 0 Å². The van der Waals surface area contributed by atoms with E-state index in [0.29, 0.717) is 0 Å². The van der Waals surface area contributed by atoms with Gasteiger partial charge in [-0.05, 0) is 5.92 Å². The monoisotopic (exact) mass is 217 g/mol. The summed E-state index contributed by atoms with van der Waals surface area (Å²) in [5.41, 5.74) is 0. The lowest BCUT2D eigenvalue weighted by molar-refractivity contribution is -0.145. The molecule has 0 saturated heterocycles. The number of hydrogen-bond acceptors (Lipinski definition) is 5. The number of carbonyl (C=O) groups excluding carboxylic acids is 2. The van der Waals surface area contributed by atoms with Gasteiger partial charge in [-0.1, -0.05) is 20.3 Å². The highest BCUT2D eigenvalue weighted by Gasteiger charge is 2.24. The zero-order valence-electron chi connectivity index (χ0n) is 9.70. The molecule has 0 fully saturated rings. The van der Waals surface area contributed by atoms with Crippen LogP contribution in [0, 0.1) is 5.92 Å². The number of hydrogen-bond donors (Lipinski definition) is 1. The lowest BCUT2D eigenvalue weighted by atomic mass is 9.99. The lowest BCUT2D eigenvalue weighted by Crippen LogP contribution is -2.44. The largest absolute Gasteiger partial charge is 0.468 e. The average Bonchev–Trinajstić information content (AvgIpc) is 2.27. The van der Waals surface area contributed by atoms with Gasteiger partial charge in [-0.25, -0.2) is 0 Å². The molecule has 0 aliphatic carbocycles. The molecule has 0 aliphatic heterocycles. The molecule has 0 radical (unpaired) electrons. The number of rotatable bonds is 6. The molecule has 88 valence electrons. The van der Waals surface area contributed by atoms with E-state index in [1.54, 1.807) is 0 Å². The van der Waals surface area contributed by atoms with Crippen molar-refractivity contribution in [2.24, 2.45) is 5.92 Å². The van der Waals surface area contributed by atoms with Gasteiger partial charge in [-0.3, -0.25) is 14.9 Å².